The van der Waals surface area contributed by atoms with Gasteiger partial charge in [0.15, 0.2) is 0 Å². The molecule has 4 heteroatoms. The Hall–Kier alpha value is -1.94. The Morgan fingerprint density at radius 2 is 1.95 bits per heavy atom. The first-order chi connectivity index (χ1) is 9.70. The zero-order valence-corrected chi connectivity index (χ0v) is 12.4. The second-order valence-corrected chi connectivity index (χ2v) is 5.61. The predicted octanol–water partition coefficient (Wildman–Crippen LogP) is 3.99. The molecule has 2 aromatic heterocycles. The summed E-state index contributed by atoms with van der Waals surface area (Å²) in [6.45, 7) is 8.02. The van der Waals surface area contributed by atoms with Crippen LogP contribution in [0.1, 0.15) is 17.0 Å². The standard InChI is InChI=1S/C16H16N3S/c1-4-13-5-7-14(8-6-13)19-12(3)15(11(2)18-19)16-17-9-10-20-16/h5-10H,1,4H2,2-3H3. The molecule has 0 atom stereocenters. The minimum Gasteiger partial charge on any atom is -0.244 e. The number of aryl methyl sites for hydroxylation is 1. The first-order valence-corrected chi connectivity index (χ1v) is 7.43. The number of aromatic nitrogens is 3. The minimum atomic E-state index is 0.807. The van der Waals surface area contributed by atoms with Crippen molar-refractivity contribution >= 4 is 11.3 Å². The third-order valence-electron chi connectivity index (χ3n) is 3.41. The smallest absolute Gasteiger partial charge is 0.126 e. The third kappa shape index (κ3) is 2.16. The van der Waals surface area contributed by atoms with Gasteiger partial charge >= 0.3 is 0 Å². The summed E-state index contributed by atoms with van der Waals surface area (Å²) in [6, 6.07) is 8.38. The molecule has 0 saturated carbocycles. The Kier molecular flexibility index (Phi) is 3.40. The topological polar surface area (TPSA) is 30.7 Å². The van der Waals surface area contributed by atoms with Gasteiger partial charge in [0.1, 0.15) is 5.01 Å². The summed E-state index contributed by atoms with van der Waals surface area (Å²) in [6.07, 6.45) is 2.64. The van der Waals surface area contributed by atoms with Gasteiger partial charge in [-0.1, -0.05) is 12.1 Å². The molecule has 0 aliphatic rings. The average molecular weight is 282 g/mol. The van der Waals surface area contributed by atoms with Crippen LogP contribution in [-0.4, -0.2) is 14.8 Å². The summed E-state index contributed by atoms with van der Waals surface area (Å²) in [5.74, 6) is 0. The van der Waals surface area contributed by atoms with Crippen molar-refractivity contribution in [3.8, 4) is 16.3 Å². The van der Waals surface area contributed by atoms with E-state index in [0.29, 0.717) is 0 Å². The van der Waals surface area contributed by atoms with Crippen LogP contribution >= 0.6 is 11.3 Å². The molecule has 0 fully saturated rings. The summed E-state index contributed by atoms with van der Waals surface area (Å²) < 4.78 is 1.99. The van der Waals surface area contributed by atoms with Crippen molar-refractivity contribution in [1.29, 1.82) is 0 Å². The van der Waals surface area contributed by atoms with Gasteiger partial charge in [0.25, 0.3) is 0 Å². The Balaban J connectivity index is 2.09. The van der Waals surface area contributed by atoms with Crippen LogP contribution in [0.2, 0.25) is 0 Å². The molecular weight excluding hydrogens is 266 g/mol. The van der Waals surface area contributed by atoms with Crippen molar-refractivity contribution in [1.82, 2.24) is 14.8 Å². The molecule has 0 aliphatic heterocycles. The summed E-state index contributed by atoms with van der Waals surface area (Å²) >= 11 is 1.65. The highest BCUT2D eigenvalue weighted by Gasteiger charge is 2.16. The van der Waals surface area contributed by atoms with Crippen LogP contribution in [0.25, 0.3) is 16.3 Å². The monoisotopic (exact) mass is 282 g/mol. The number of hydrogen-bond acceptors (Lipinski definition) is 3. The van der Waals surface area contributed by atoms with E-state index < -0.39 is 0 Å². The molecule has 3 aromatic rings. The summed E-state index contributed by atoms with van der Waals surface area (Å²) in [5.41, 5.74) is 5.58. The molecule has 3 nitrogen and oxygen atoms in total. The highest BCUT2D eigenvalue weighted by atomic mass is 32.1. The van der Waals surface area contributed by atoms with Gasteiger partial charge in [0.05, 0.1) is 22.6 Å². The molecular formula is C16H16N3S. The van der Waals surface area contributed by atoms with Crippen molar-refractivity contribution in [2.24, 2.45) is 0 Å². The lowest BCUT2D eigenvalue weighted by Crippen LogP contribution is -1.99. The number of benzene rings is 1. The summed E-state index contributed by atoms with van der Waals surface area (Å²) in [4.78, 5) is 4.40. The molecule has 1 aromatic carbocycles. The van der Waals surface area contributed by atoms with Gasteiger partial charge < -0.3 is 0 Å². The highest BCUT2D eigenvalue weighted by Crippen LogP contribution is 2.29. The molecule has 101 valence electrons. The van der Waals surface area contributed by atoms with Gasteiger partial charge in [-0.3, -0.25) is 0 Å². The Labute approximate surface area is 122 Å². The Bertz CT molecular complexity index is 709. The molecule has 0 N–H and O–H groups in total. The zero-order chi connectivity index (χ0) is 14.1. The lowest BCUT2D eigenvalue weighted by molar-refractivity contribution is 0.833. The Morgan fingerprint density at radius 1 is 1.20 bits per heavy atom. The van der Waals surface area contributed by atoms with Crippen LogP contribution in [0.3, 0.4) is 0 Å². The van der Waals surface area contributed by atoms with Crippen molar-refractivity contribution in [3.63, 3.8) is 0 Å². The maximum absolute atomic E-state index is 4.66. The van der Waals surface area contributed by atoms with Gasteiger partial charge in [0, 0.05) is 11.6 Å². The number of hydrogen-bond donors (Lipinski definition) is 0. The second-order valence-electron chi connectivity index (χ2n) is 4.71. The highest BCUT2D eigenvalue weighted by molar-refractivity contribution is 7.13. The summed E-state index contributed by atoms with van der Waals surface area (Å²) in [5, 5.41) is 7.68. The molecule has 0 aliphatic carbocycles. The van der Waals surface area contributed by atoms with Crippen LogP contribution in [0.15, 0.2) is 35.8 Å². The van der Waals surface area contributed by atoms with Crippen molar-refractivity contribution in [2.45, 2.75) is 20.3 Å². The van der Waals surface area contributed by atoms with E-state index in [-0.39, 0.29) is 0 Å². The second kappa shape index (κ2) is 5.21. The zero-order valence-electron chi connectivity index (χ0n) is 11.6. The van der Waals surface area contributed by atoms with E-state index in [9.17, 15) is 0 Å². The van der Waals surface area contributed by atoms with Crippen LogP contribution in [0.5, 0.6) is 0 Å². The molecule has 0 bridgehead atoms. The first kappa shape index (κ1) is 13.1. The van der Waals surface area contributed by atoms with Crippen LogP contribution in [0.4, 0.5) is 0 Å². The normalized spacial score (nSPS) is 10.9. The quantitative estimate of drug-likeness (QED) is 0.727. The van der Waals surface area contributed by atoms with E-state index in [4.69, 9.17) is 0 Å². The molecule has 20 heavy (non-hydrogen) atoms. The van der Waals surface area contributed by atoms with E-state index in [2.05, 4.69) is 48.2 Å². The lowest BCUT2D eigenvalue weighted by atomic mass is 10.1. The third-order valence-corrected chi connectivity index (χ3v) is 4.20. The Morgan fingerprint density at radius 3 is 2.55 bits per heavy atom. The van der Waals surface area contributed by atoms with Crippen molar-refractivity contribution < 1.29 is 0 Å². The van der Waals surface area contributed by atoms with Gasteiger partial charge in [-0.15, -0.1) is 11.3 Å². The maximum Gasteiger partial charge on any atom is 0.126 e. The van der Waals surface area contributed by atoms with Gasteiger partial charge in [-0.05, 0) is 44.9 Å². The number of rotatable bonds is 3. The minimum absolute atomic E-state index is 0.807. The molecule has 0 saturated heterocycles. The molecule has 1 radical (unpaired) electrons. The maximum atomic E-state index is 4.66. The fourth-order valence-corrected chi connectivity index (χ4v) is 3.14. The molecule has 0 spiro atoms. The molecule has 0 amide bonds. The predicted molar refractivity (Wildman–Crippen MR) is 83.2 cm³/mol. The number of nitrogens with zero attached hydrogens (tertiary/aromatic N) is 3. The largest absolute Gasteiger partial charge is 0.244 e. The van der Waals surface area contributed by atoms with E-state index >= 15 is 0 Å². The number of thiazole rings is 1. The van der Waals surface area contributed by atoms with E-state index in [1.165, 1.54) is 5.56 Å². The van der Waals surface area contributed by atoms with E-state index in [1.807, 2.05) is 23.2 Å². The summed E-state index contributed by atoms with van der Waals surface area (Å²) in [7, 11) is 0. The molecule has 2 heterocycles. The van der Waals surface area contributed by atoms with Gasteiger partial charge in [-0.2, -0.15) is 5.10 Å². The van der Waals surface area contributed by atoms with Crippen LogP contribution in [0, 0.1) is 20.8 Å². The fraction of sp³-hybridized carbons (Fsp3) is 0.188. The van der Waals surface area contributed by atoms with Crippen molar-refractivity contribution in [2.75, 3.05) is 0 Å². The lowest BCUT2D eigenvalue weighted by Gasteiger charge is -2.05. The van der Waals surface area contributed by atoms with E-state index in [0.717, 1.165) is 34.1 Å². The van der Waals surface area contributed by atoms with Gasteiger partial charge in [0.2, 0.25) is 0 Å². The SMILES string of the molecule is [CH2]Cc1ccc(-n2nc(C)c(-c3nccs3)c2C)cc1. The fourth-order valence-electron chi connectivity index (χ4n) is 2.35. The molecule has 3 rings (SSSR count). The average Bonchev–Trinajstić information content (AvgIpc) is 3.07. The van der Waals surface area contributed by atoms with Crippen molar-refractivity contribution in [3.05, 3.63) is 59.7 Å². The van der Waals surface area contributed by atoms with Gasteiger partial charge in [-0.25, -0.2) is 9.67 Å². The molecule has 0 unspecified atom stereocenters. The van der Waals surface area contributed by atoms with Crippen LogP contribution < -0.4 is 0 Å². The first-order valence-electron chi connectivity index (χ1n) is 6.55. The van der Waals surface area contributed by atoms with E-state index in [1.54, 1.807) is 11.3 Å². The van der Waals surface area contributed by atoms with Crippen LogP contribution in [-0.2, 0) is 6.42 Å².